The van der Waals surface area contributed by atoms with Crippen molar-refractivity contribution in [1.82, 2.24) is 4.98 Å². The fourth-order valence-corrected chi connectivity index (χ4v) is 1.42. The molecule has 1 aromatic rings. The number of aromatic amines is 1. The fourth-order valence-electron chi connectivity index (χ4n) is 1.01. The number of amides is 1. The van der Waals surface area contributed by atoms with Gasteiger partial charge >= 0.3 is 0 Å². The van der Waals surface area contributed by atoms with E-state index in [1.54, 1.807) is 27.0 Å². The first-order valence-corrected chi connectivity index (χ1v) is 6.20. The minimum absolute atomic E-state index is 0.265. The van der Waals surface area contributed by atoms with E-state index in [9.17, 15) is 9.59 Å². The monoisotopic (exact) mass is 350 g/mol. The number of aromatic nitrogens is 1. The first kappa shape index (κ1) is 13.4. The van der Waals surface area contributed by atoms with Crippen LogP contribution in [0.15, 0.2) is 15.5 Å². The number of hydrogen-bond acceptors (Lipinski definition) is 2. The van der Waals surface area contributed by atoms with Gasteiger partial charge in [-0.25, -0.2) is 0 Å². The van der Waals surface area contributed by atoms with Crippen LogP contribution in [0.2, 0.25) is 0 Å². The van der Waals surface area contributed by atoms with E-state index in [0.29, 0.717) is 5.56 Å². The maximum Gasteiger partial charge on any atom is 0.272 e. The number of carbonyl (C=O) groups is 1. The van der Waals surface area contributed by atoms with Crippen LogP contribution in [0, 0.1) is 6.92 Å². The third-order valence-electron chi connectivity index (χ3n) is 2.07. The molecule has 0 fully saturated rings. The zero-order valence-corrected chi connectivity index (χ0v) is 12.3. The minimum Gasteiger partial charge on any atom is -0.326 e. The Morgan fingerprint density at radius 2 is 2.06 bits per heavy atom. The van der Waals surface area contributed by atoms with Crippen LogP contribution in [0.4, 0.5) is 5.69 Å². The molecule has 0 saturated carbocycles. The van der Waals surface area contributed by atoms with E-state index in [-0.39, 0.29) is 17.2 Å². The Hall–Kier alpha value is -0.620. The predicted octanol–water partition coefficient (Wildman–Crippen LogP) is 2.56. The number of pyridine rings is 1. The van der Waals surface area contributed by atoms with Crippen LogP contribution in [0.5, 0.6) is 0 Å². The Labute approximate surface area is 110 Å². The average molecular weight is 352 g/mol. The summed E-state index contributed by atoms with van der Waals surface area (Å²) in [6.45, 7) is 5.18. The molecule has 0 bridgehead atoms. The zero-order chi connectivity index (χ0) is 12.5. The molecule has 1 heterocycles. The van der Waals surface area contributed by atoms with Crippen molar-refractivity contribution in [2.75, 3.05) is 5.32 Å². The van der Waals surface area contributed by atoms with Gasteiger partial charge in [0, 0.05) is 10.7 Å². The molecule has 0 saturated heterocycles. The van der Waals surface area contributed by atoms with E-state index < -0.39 is 4.32 Å². The van der Waals surface area contributed by atoms with Crippen LogP contribution in [0.25, 0.3) is 0 Å². The molecule has 16 heavy (non-hydrogen) atoms. The van der Waals surface area contributed by atoms with Gasteiger partial charge in [0.1, 0.15) is 5.69 Å². The summed E-state index contributed by atoms with van der Waals surface area (Å²) >= 11 is 6.52. The van der Waals surface area contributed by atoms with Crippen LogP contribution in [0.1, 0.15) is 19.4 Å². The number of alkyl halides is 1. The third kappa shape index (κ3) is 2.95. The highest BCUT2D eigenvalue weighted by Gasteiger charge is 2.25. The predicted molar refractivity (Wildman–Crippen MR) is 71.1 cm³/mol. The van der Waals surface area contributed by atoms with E-state index in [0.717, 1.165) is 4.47 Å². The Kier molecular flexibility index (Phi) is 3.96. The van der Waals surface area contributed by atoms with Crippen molar-refractivity contribution in [3.63, 3.8) is 0 Å². The molecule has 1 rings (SSSR count). The van der Waals surface area contributed by atoms with Crippen LogP contribution in [-0.4, -0.2) is 15.2 Å². The first-order chi connectivity index (χ1) is 7.23. The molecule has 0 aliphatic heterocycles. The fraction of sp³-hybridized carbons (Fsp3) is 0.400. The van der Waals surface area contributed by atoms with Crippen LogP contribution in [-0.2, 0) is 4.79 Å². The van der Waals surface area contributed by atoms with Crippen LogP contribution in [0.3, 0.4) is 0 Å². The SMILES string of the molecule is Cc1c(Br)c[nH]c(=O)c1NC(=O)C(C)(C)Br. The molecule has 0 atom stereocenters. The lowest BCUT2D eigenvalue weighted by molar-refractivity contribution is -0.117. The molecule has 1 aromatic heterocycles. The Morgan fingerprint density at radius 1 is 1.50 bits per heavy atom. The average Bonchev–Trinajstić information content (AvgIpc) is 2.17. The van der Waals surface area contributed by atoms with Crippen molar-refractivity contribution in [2.45, 2.75) is 25.1 Å². The van der Waals surface area contributed by atoms with Gasteiger partial charge in [-0.05, 0) is 42.3 Å². The highest BCUT2D eigenvalue weighted by atomic mass is 79.9. The second kappa shape index (κ2) is 4.71. The second-order valence-electron chi connectivity index (χ2n) is 3.89. The van der Waals surface area contributed by atoms with E-state index >= 15 is 0 Å². The van der Waals surface area contributed by atoms with Gasteiger partial charge in [0.15, 0.2) is 0 Å². The summed E-state index contributed by atoms with van der Waals surface area (Å²) in [6.07, 6.45) is 1.55. The Morgan fingerprint density at radius 3 is 2.56 bits per heavy atom. The number of rotatable bonds is 2. The van der Waals surface area contributed by atoms with Gasteiger partial charge in [0.25, 0.3) is 5.56 Å². The summed E-state index contributed by atoms with van der Waals surface area (Å²) < 4.78 is 0.0311. The number of carbonyl (C=O) groups excluding carboxylic acids is 1. The van der Waals surface area contributed by atoms with E-state index in [1.165, 1.54) is 0 Å². The summed E-state index contributed by atoms with van der Waals surface area (Å²) in [5, 5.41) is 2.60. The number of halogens is 2. The number of nitrogens with one attached hydrogen (secondary N) is 2. The minimum atomic E-state index is -0.714. The highest BCUT2D eigenvalue weighted by Crippen LogP contribution is 2.22. The lowest BCUT2D eigenvalue weighted by Crippen LogP contribution is -2.33. The maximum atomic E-state index is 11.7. The molecule has 88 valence electrons. The van der Waals surface area contributed by atoms with Gasteiger partial charge in [0.2, 0.25) is 5.91 Å². The lowest BCUT2D eigenvalue weighted by Gasteiger charge is -2.16. The molecule has 0 aromatic carbocycles. The molecule has 2 N–H and O–H groups in total. The van der Waals surface area contributed by atoms with Gasteiger partial charge in [-0.1, -0.05) is 15.9 Å². The Bertz CT molecular complexity index is 475. The summed E-state index contributed by atoms with van der Waals surface area (Å²) in [7, 11) is 0. The zero-order valence-electron chi connectivity index (χ0n) is 9.15. The van der Waals surface area contributed by atoms with Crippen molar-refractivity contribution < 1.29 is 4.79 Å². The molecule has 0 aliphatic rings. The molecular weight excluding hydrogens is 340 g/mol. The first-order valence-electron chi connectivity index (χ1n) is 4.61. The van der Waals surface area contributed by atoms with Gasteiger partial charge in [-0.3, -0.25) is 9.59 Å². The van der Waals surface area contributed by atoms with Gasteiger partial charge in [-0.15, -0.1) is 0 Å². The molecule has 6 heteroatoms. The van der Waals surface area contributed by atoms with Gasteiger partial charge < -0.3 is 10.3 Å². The summed E-state index contributed by atoms with van der Waals surface area (Å²) in [5.41, 5.74) is 0.659. The molecule has 4 nitrogen and oxygen atoms in total. The van der Waals surface area contributed by atoms with Crippen molar-refractivity contribution in [3.8, 4) is 0 Å². The molecule has 0 radical (unpaired) electrons. The van der Waals surface area contributed by atoms with Gasteiger partial charge in [0.05, 0.1) is 4.32 Å². The highest BCUT2D eigenvalue weighted by molar-refractivity contribution is 9.10. The smallest absolute Gasteiger partial charge is 0.272 e. The quantitative estimate of drug-likeness (QED) is 0.804. The topological polar surface area (TPSA) is 62.0 Å². The molecule has 0 unspecified atom stereocenters. The Balaban J connectivity index is 3.12. The largest absolute Gasteiger partial charge is 0.326 e. The van der Waals surface area contributed by atoms with E-state index in [1.807, 2.05) is 0 Å². The third-order valence-corrected chi connectivity index (χ3v) is 3.25. The van der Waals surface area contributed by atoms with Crippen molar-refractivity contribution in [2.24, 2.45) is 0 Å². The van der Waals surface area contributed by atoms with Crippen molar-refractivity contribution in [3.05, 3.63) is 26.6 Å². The second-order valence-corrected chi connectivity index (χ2v) is 6.73. The normalized spacial score (nSPS) is 11.3. The summed E-state index contributed by atoms with van der Waals surface area (Å²) in [4.78, 5) is 25.8. The van der Waals surface area contributed by atoms with E-state index in [4.69, 9.17) is 0 Å². The standard InChI is InChI=1S/C10H12Br2N2O2/c1-5-6(11)4-13-8(15)7(5)14-9(16)10(2,3)12/h4H,1-3H3,(H,13,15)(H,14,16). The van der Waals surface area contributed by atoms with Crippen molar-refractivity contribution in [1.29, 1.82) is 0 Å². The summed E-state index contributed by atoms with van der Waals surface area (Å²) in [5.74, 6) is -0.265. The maximum absolute atomic E-state index is 11.7. The van der Waals surface area contributed by atoms with Crippen LogP contribution >= 0.6 is 31.9 Å². The molecule has 0 aliphatic carbocycles. The summed E-state index contributed by atoms with van der Waals surface area (Å²) in [6, 6.07) is 0. The van der Waals surface area contributed by atoms with Gasteiger partial charge in [-0.2, -0.15) is 0 Å². The van der Waals surface area contributed by atoms with E-state index in [2.05, 4.69) is 42.2 Å². The lowest BCUT2D eigenvalue weighted by atomic mass is 10.2. The van der Waals surface area contributed by atoms with Crippen molar-refractivity contribution >= 4 is 43.5 Å². The number of hydrogen-bond donors (Lipinski definition) is 2. The molecule has 1 amide bonds. The molecular formula is C10H12Br2N2O2. The number of anilines is 1. The molecule has 0 spiro atoms. The number of H-pyrrole nitrogens is 1. The van der Waals surface area contributed by atoms with Crippen LogP contribution < -0.4 is 10.9 Å².